The average molecular weight is 406 g/mol. The third-order valence-corrected chi connectivity index (χ3v) is 6.42. The van der Waals surface area contributed by atoms with Gasteiger partial charge in [0.15, 0.2) is 5.96 Å². The molecule has 1 saturated carbocycles. The number of ether oxygens (including phenoxy) is 2. The van der Waals surface area contributed by atoms with E-state index >= 15 is 0 Å². The maximum Gasteiger partial charge on any atom is 0.193 e. The first-order chi connectivity index (χ1) is 14.2. The van der Waals surface area contributed by atoms with E-state index in [1.807, 2.05) is 13.1 Å². The summed E-state index contributed by atoms with van der Waals surface area (Å²) < 4.78 is 24.7. The van der Waals surface area contributed by atoms with Gasteiger partial charge in [0.1, 0.15) is 5.82 Å². The molecule has 0 radical (unpaired) electrons. The van der Waals surface area contributed by atoms with Gasteiger partial charge in [0.2, 0.25) is 0 Å². The lowest BCUT2D eigenvalue weighted by Gasteiger charge is -2.39. The van der Waals surface area contributed by atoms with Crippen molar-refractivity contribution in [3.63, 3.8) is 0 Å². The Bertz CT molecular complexity index is 661. The zero-order chi connectivity index (χ0) is 20.5. The lowest BCUT2D eigenvalue weighted by atomic mass is 9.69. The van der Waals surface area contributed by atoms with Crippen LogP contribution >= 0.6 is 0 Å². The molecule has 3 rings (SSSR count). The molecule has 2 fully saturated rings. The maximum absolute atomic E-state index is 13.9. The van der Waals surface area contributed by atoms with Gasteiger partial charge in [-0.05, 0) is 37.0 Å². The second-order valence-corrected chi connectivity index (χ2v) is 8.42. The molecule has 1 aliphatic heterocycles. The number of hydrogen-bond acceptors (Lipinski definition) is 3. The molecule has 1 unspecified atom stereocenters. The van der Waals surface area contributed by atoms with E-state index < -0.39 is 0 Å². The van der Waals surface area contributed by atoms with Gasteiger partial charge in [-0.3, -0.25) is 4.99 Å². The maximum atomic E-state index is 13.9. The second kappa shape index (κ2) is 10.9. The van der Waals surface area contributed by atoms with Crippen molar-refractivity contribution in [1.29, 1.82) is 0 Å². The molecule has 0 spiro atoms. The fourth-order valence-electron chi connectivity index (χ4n) is 4.75. The largest absolute Gasteiger partial charge is 0.382 e. The molecule has 1 aromatic rings. The summed E-state index contributed by atoms with van der Waals surface area (Å²) >= 11 is 0. The van der Waals surface area contributed by atoms with Crippen molar-refractivity contribution in [2.75, 3.05) is 53.6 Å². The minimum atomic E-state index is -0.146. The van der Waals surface area contributed by atoms with Crippen molar-refractivity contribution >= 4 is 5.96 Å². The van der Waals surface area contributed by atoms with Crippen LogP contribution in [0.15, 0.2) is 29.3 Å². The summed E-state index contributed by atoms with van der Waals surface area (Å²) in [6, 6.07) is 7.18. The highest BCUT2D eigenvalue weighted by molar-refractivity contribution is 5.80. The summed E-state index contributed by atoms with van der Waals surface area (Å²) in [6.45, 7) is 4.81. The highest BCUT2D eigenvalue weighted by Gasteiger charge is 2.35. The van der Waals surface area contributed by atoms with Gasteiger partial charge in [0.25, 0.3) is 0 Å². The molecule has 29 heavy (non-hydrogen) atoms. The Hall–Kier alpha value is -1.66. The normalized spacial score (nSPS) is 22.1. The van der Waals surface area contributed by atoms with Crippen LogP contribution in [0.25, 0.3) is 0 Å². The predicted molar refractivity (Wildman–Crippen MR) is 115 cm³/mol. The Morgan fingerprint density at radius 2 is 2.10 bits per heavy atom. The van der Waals surface area contributed by atoms with Gasteiger partial charge in [-0.1, -0.05) is 31.4 Å². The Kier molecular flexibility index (Phi) is 8.30. The number of guanidine groups is 1. The van der Waals surface area contributed by atoms with Gasteiger partial charge in [-0.15, -0.1) is 0 Å². The fourth-order valence-corrected chi connectivity index (χ4v) is 4.75. The first-order valence-corrected chi connectivity index (χ1v) is 11.0. The number of rotatable bonds is 8. The molecule has 162 valence electrons. The van der Waals surface area contributed by atoms with Crippen LogP contribution in [-0.4, -0.2) is 64.5 Å². The number of nitrogens with one attached hydrogen (secondary N) is 1. The first kappa shape index (κ1) is 22.0. The van der Waals surface area contributed by atoms with Crippen LogP contribution in [0.2, 0.25) is 0 Å². The summed E-state index contributed by atoms with van der Waals surface area (Å²) in [6.07, 6.45) is 6.96. The van der Waals surface area contributed by atoms with Gasteiger partial charge in [0.05, 0.1) is 19.8 Å². The van der Waals surface area contributed by atoms with Crippen LogP contribution in [0.1, 0.15) is 44.1 Å². The van der Waals surface area contributed by atoms with Gasteiger partial charge in [-0.2, -0.15) is 0 Å². The molecule has 1 atom stereocenters. The number of likely N-dealkylation sites (tertiary alicyclic amines) is 1. The number of hydrogen-bond donors (Lipinski definition) is 1. The molecular weight excluding hydrogens is 369 g/mol. The molecule has 1 aliphatic carbocycles. The van der Waals surface area contributed by atoms with E-state index in [9.17, 15) is 4.39 Å². The molecular formula is C23H36FN3O2. The fraction of sp³-hybridized carbons (Fsp3) is 0.696. The number of halogens is 1. The minimum Gasteiger partial charge on any atom is -0.382 e. The molecule has 0 aromatic heterocycles. The third kappa shape index (κ3) is 5.92. The standard InChI is InChI=1S/C23H36FN3O2/c1-25-22(27-12-9-19(16-27)17-29-14-13-28-2)26-18-23(10-4-3-5-11-23)20-7-6-8-21(24)15-20/h6-8,15,19H,3-5,9-14,16-18H2,1-2H3,(H,25,26). The van der Waals surface area contributed by atoms with Crippen LogP contribution < -0.4 is 5.32 Å². The Morgan fingerprint density at radius 3 is 2.83 bits per heavy atom. The highest BCUT2D eigenvalue weighted by atomic mass is 19.1. The van der Waals surface area contributed by atoms with Gasteiger partial charge in [-0.25, -0.2) is 4.39 Å². The Balaban J connectivity index is 1.58. The number of benzene rings is 1. The SMILES string of the molecule is CN=C(NCC1(c2cccc(F)c2)CCCCC1)N1CCC(COCCOC)C1. The quantitative estimate of drug-likeness (QED) is 0.408. The van der Waals surface area contributed by atoms with E-state index in [2.05, 4.69) is 21.3 Å². The monoisotopic (exact) mass is 405 g/mol. The third-order valence-electron chi connectivity index (χ3n) is 6.42. The minimum absolute atomic E-state index is 0.0152. The molecule has 0 bridgehead atoms. The molecule has 1 heterocycles. The molecule has 0 amide bonds. The van der Waals surface area contributed by atoms with Gasteiger partial charge < -0.3 is 19.7 Å². The Morgan fingerprint density at radius 1 is 1.28 bits per heavy atom. The predicted octanol–water partition coefficient (Wildman–Crippen LogP) is 3.59. The van der Waals surface area contributed by atoms with Crippen molar-refractivity contribution in [3.05, 3.63) is 35.6 Å². The van der Waals surface area contributed by atoms with E-state index in [1.54, 1.807) is 13.2 Å². The summed E-state index contributed by atoms with van der Waals surface area (Å²) in [5.41, 5.74) is 1.10. The van der Waals surface area contributed by atoms with E-state index in [1.165, 1.54) is 25.3 Å². The van der Waals surface area contributed by atoms with E-state index in [0.717, 1.165) is 57.0 Å². The van der Waals surface area contributed by atoms with Crippen LogP contribution in [0.4, 0.5) is 4.39 Å². The zero-order valence-corrected chi connectivity index (χ0v) is 18.0. The highest BCUT2D eigenvalue weighted by Crippen LogP contribution is 2.39. The van der Waals surface area contributed by atoms with Gasteiger partial charge >= 0.3 is 0 Å². The molecule has 1 aromatic carbocycles. The summed E-state index contributed by atoms with van der Waals surface area (Å²) in [5.74, 6) is 1.33. The Labute approximate surface area is 174 Å². The van der Waals surface area contributed by atoms with Crippen LogP contribution in [0, 0.1) is 11.7 Å². The van der Waals surface area contributed by atoms with Gasteiger partial charge in [0, 0.05) is 45.1 Å². The van der Waals surface area contributed by atoms with Crippen LogP contribution in [-0.2, 0) is 14.9 Å². The van der Waals surface area contributed by atoms with Crippen molar-refractivity contribution < 1.29 is 13.9 Å². The molecule has 1 N–H and O–H groups in total. The van der Waals surface area contributed by atoms with Crippen molar-refractivity contribution in [2.45, 2.75) is 43.9 Å². The topological polar surface area (TPSA) is 46.1 Å². The molecule has 6 heteroatoms. The van der Waals surface area contributed by atoms with Crippen molar-refractivity contribution in [3.8, 4) is 0 Å². The van der Waals surface area contributed by atoms with Crippen LogP contribution in [0.3, 0.4) is 0 Å². The summed E-state index contributed by atoms with van der Waals surface area (Å²) in [7, 11) is 3.54. The number of methoxy groups -OCH3 is 1. The summed E-state index contributed by atoms with van der Waals surface area (Å²) in [5, 5.41) is 3.63. The first-order valence-electron chi connectivity index (χ1n) is 11.0. The molecule has 1 saturated heterocycles. The van der Waals surface area contributed by atoms with E-state index in [-0.39, 0.29) is 11.2 Å². The van der Waals surface area contributed by atoms with Crippen molar-refractivity contribution in [1.82, 2.24) is 10.2 Å². The average Bonchev–Trinajstić information content (AvgIpc) is 3.21. The smallest absolute Gasteiger partial charge is 0.193 e. The van der Waals surface area contributed by atoms with E-state index in [4.69, 9.17) is 9.47 Å². The lowest BCUT2D eigenvalue weighted by molar-refractivity contribution is 0.0536. The lowest BCUT2D eigenvalue weighted by Crippen LogP contribution is -2.47. The van der Waals surface area contributed by atoms with E-state index in [0.29, 0.717) is 19.1 Å². The second-order valence-electron chi connectivity index (χ2n) is 8.42. The number of aliphatic imine (C=N–C) groups is 1. The van der Waals surface area contributed by atoms with Crippen LogP contribution in [0.5, 0.6) is 0 Å². The number of nitrogens with zero attached hydrogens (tertiary/aromatic N) is 2. The zero-order valence-electron chi connectivity index (χ0n) is 18.0. The molecule has 5 nitrogen and oxygen atoms in total. The van der Waals surface area contributed by atoms with Crippen molar-refractivity contribution in [2.24, 2.45) is 10.9 Å². The molecule has 2 aliphatic rings. The summed E-state index contributed by atoms with van der Waals surface area (Å²) in [4.78, 5) is 6.86.